The van der Waals surface area contributed by atoms with Crippen LogP contribution >= 0.6 is 0 Å². The molecule has 0 aliphatic carbocycles. The fourth-order valence-corrected chi connectivity index (χ4v) is 2.79. The molecule has 0 atom stereocenters. The number of rotatable bonds is 2. The van der Waals surface area contributed by atoms with Crippen molar-refractivity contribution in [3.63, 3.8) is 0 Å². The molecule has 4 aromatic heterocycles. The van der Waals surface area contributed by atoms with Gasteiger partial charge in [0, 0.05) is 38.1 Å². The van der Waals surface area contributed by atoms with Gasteiger partial charge in [-0.15, -0.1) is 0 Å². The zero-order chi connectivity index (χ0) is 20.6. The third kappa shape index (κ3) is 5.32. The van der Waals surface area contributed by atoms with Gasteiger partial charge in [-0.1, -0.05) is 6.07 Å². The van der Waals surface area contributed by atoms with Gasteiger partial charge in [0.2, 0.25) is 0 Å². The maximum Gasteiger partial charge on any atom is 0.333 e. The second kappa shape index (κ2) is 9.69. The van der Waals surface area contributed by atoms with Crippen LogP contribution in [0.5, 0.6) is 0 Å². The number of aldehydes is 1. The molecular formula is C19H21F2N7O. The normalized spacial score (nSPS) is 13.2. The van der Waals surface area contributed by atoms with Crippen molar-refractivity contribution in [2.24, 2.45) is 0 Å². The highest BCUT2D eigenvalue weighted by Gasteiger charge is 2.14. The summed E-state index contributed by atoms with van der Waals surface area (Å²) in [7, 11) is 2.13. The minimum atomic E-state index is -2.74. The Labute approximate surface area is 165 Å². The lowest BCUT2D eigenvalue weighted by Gasteiger charge is -2.20. The number of aromatic nitrogens is 6. The van der Waals surface area contributed by atoms with Crippen LogP contribution in [0.2, 0.25) is 0 Å². The highest BCUT2D eigenvalue weighted by atomic mass is 19.3. The maximum atomic E-state index is 11.8. The zero-order valence-corrected chi connectivity index (χ0v) is 15.8. The Morgan fingerprint density at radius 3 is 2.72 bits per heavy atom. The summed E-state index contributed by atoms with van der Waals surface area (Å²) >= 11 is 0. The summed E-state index contributed by atoms with van der Waals surface area (Å²) in [5, 5.41) is 7.26. The van der Waals surface area contributed by atoms with Crippen molar-refractivity contribution in [2.45, 2.75) is 19.5 Å². The van der Waals surface area contributed by atoms with Crippen molar-refractivity contribution in [2.75, 3.05) is 13.6 Å². The lowest BCUT2D eigenvalue weighted by molar-refractivity contribution is 0.0533. The van der Waals surface area contributed by atoms with Crippen LogP contribution < -0.4 is 0 Å². The molecule has 0 saturated carbocycles. The molecular weight excluding hydrogens is 380 g/mol. The summed E-state index contributed by atoms with van der Waals surface area (Å²) in [6.45, 7) is -0.581. The number of carbonyl (C=O) groups is 1. The van der Waals surface area contributed by atoms with Crippen LogP contribution in [-0.2, 0) is 13.0 Å². The summed E-state index contributed by atoms with van der Waals surface area (Å²) in [6, 6.07) is 9.17. The predicted molar refractivity (Wildman–Crippen MR) is 103 cm³/mol. The van der Waals surface area contributed by atoms with Crippen LogP contribution in [0.3, 0.4) is 0 Å². The van der Waals surface area contributed by atoms with Gasteiger partial charge in [-0.05, 0) is 31.3 Å². The molecule has 0 bridgehead atoms. The van der Waals surface area contributed by atoms with Gasteiger partial charge in [0.15, 0.2) is 6.29 Å². The van der Waals surface area contributed by atoms with Crippen LogP contribution in [-0.4, -0.2) is 54.1 Å². The molecule has 0 aromatic carbocycles. The van der Waals surface area contributed by atoms with E-state index in [1.54, 1.807) is 12.5 Å². The van der Waals surface area contributed by atoms with Crippen LogP contribution in [0.1, 0.15) is 28.4 Å². The van der Waals surface area contributed by atoms with E-state index in [0.29, 0.717) is 11.0 Å². The Balaban J connectivity index is 0.000000124. The Hall–Kier alpha value is -3.40. The van der Waals surface area contributed by atoms with Crippen LogP contribution in [0.25, 0.3) is 5.52 Å². The first-order chi connectivity index (χ1) is 14.1. The molecule has 4 aromatic rings. The molecule has 10 heteroatoms. The van der Waals surface area contributed by atoms with Crippen molar-refractivity contribution < 1.29 is 13.6 Å². The van der Waals surface area contributed by atoms with E-state index in [1.165, 1.54) is 17.5 Å². The summed E-state index contributed by atoms with van der Waals surface area (Å²) < 4.78 is 25.8. The van der Waals surface area contributed by atoms with Crippen molar-refractivity contribution in [3.8, 4) is 0 Å². The Kier molecular flexibility index (Phi) is 6.80. The molecule has 5 rings (SSSR count). The minimum Gasteiger partial charge on any atom is -0.347 e. The average Bonchev–Trinajstić information content (AvgIpc) is 3.47. The summed E-state index contributed by atoms with van der Waals surface area (Å²) in [6.07, 6.45) is 8.07. The maximum absolute atomic E-state index is 11.8. The number of imidazole rings is 1. The van der Waals surface area contributed by atoms with Gasteiger partial charge in [-0.3, -0.25) is 4.79 Å². The summed E-state index contributed by atoms with van der Waals surface area (Å²) in [4.78, 5) is 19.6. The van der Waals surface area contributed by atoms with E-state index >= 15 is 0 Å². The third-order valence-electron chi connectivity index (χ3n) is 4.28. The predicted octanol–water partition coefficient (Wildman–Crippen LogP) is 2.82. The second-order valence-electron chi connectivity index (χ2n) is 6.31. The minimum absolute atomic E-state index is 0.116. The quantitative estimate of drug-likeness (QED) is 0.522. The number of nitrogens with one attached hydrogen (secondary N) is 1. The zero-order valence-electron chi connectivity index (χ0n) is 15.8. The first-order valence-electron chi connectivity index (χ1n) is 8.93. The lowest BCUT2D eigenvalue weighted by atomic mass is 10.2. The summed E-state index contributed by atoms with van der Waals surface area (Å²) in [5.74, 6) is 0. The molecule has 8 nitrogen and oxygen atoms in total. The first kappa shape index (κ1) is 20.3. The highest BCUT2D eigenvalue weighted by Crippen LogP contribution is 2.12. The standard InChI is InChI=1S/C7H11N3.C7H6N2.C5H4F2N2O/c1-10-3-2-6-7(4-10)9-5-8-6;1-2-6-9-7(3-1)4-5-8-9;6-5(7)9-4(3-10)1-2-8-9/h5H,2-4H2,1H3,(H,8,9);1-6H;1-3,5H. The molecule has 0 fully saturated rings. The molecule has 0 radical (unpaired) electrons. The van der Waals surface area contributed by atoms with Gasteiger partial charge in [-0.2, -0.15) is 19.0 Å². The number of H-pyrrole nitrogens is 1. The SMILES string of the molecule is CN1CCc2nc[nH]c2C1.O=Cc1ccnn1C(F)F.c1ccn2nccc2c1. The number of likely N-dealkylation sites (N-methyl/N-ethyl adjacent to an activating group) is 1. The third-order valence-corrected chi connectivity index (χ3v) is 4.28. The van der Waals surface area contributed by atoms with Crippen LogP contribution in [0.4, 0.5) is 8.78 Å². The van der Waals surface area contributed by atoms with Gasteiger partial charge >= 0.3 is 6.55 Å². The number of pyridine rings is 1. The molecule has 5 heterocycles. The number of hydrogen-bond acceptors (Lipinski definition) is 5. The smallest absolute Gasteiger partial charge is 0.333 e. The van der Waals surface area contributed by atoms with Gasteiger partial charge in [0.25, 0.3) is 0 Å². The van der Waals surface area contributed by atoms with E-state index in [1.807, 2.05) is 35.0 Å². The van der Waals surface area contributed by atoms with E-state index in [-0.39, 0.29) is 5.69 Å². The number of fused-ring (bicyclic) bond motifs is 2. The lowest BCUT2D eigenvalue weighted by Crippen LogP contribution is -2.26. The molecule has 0 spiro atoms. The Morgan fingerprint density at radius 1 is 1.17 bits per heavy atom. The molecule has 0 amide bonds. The van der Waals surface area contributed by atoms with Crippen molar-refractivity contribution in [1.82, 2.24) is 34.3 Å². The number of carbonyl (C=O) groups excluding carboxylic acids is 1. The van der Waals surface area contributed by atoms with Gasteiger partial charge < -0.3 is 9.88 Å². The van der Waals surface area contributed by atoms with Crippen LogP contribution in [0, 0.1) is 0 Å². The molecule has 0 saturated heterocycles. The number of hydrogen-bond donors (Lipinski definition) is 1. The summed E-state index contributed by atoms with van der Waals surface area (Å²) in [5.41, 5.74) is 3.55. The van der Waals surface area contributed by atoms with Gasteiger partial charge in [-0.25, -0.2) is 14.2 Å². The van der Waals surface area contributed by atoms with E-state index in [4.69, 9.17) is 0 Å². The van der Waals surface area contributed by atoms with E-state index in [2.05, 4.69) is 32.1 Å². The molecule has 152 valence electrons. The van der Waals surface area contributed by atoms with E-state index < -0.39 is 6.55 Å². The van der Waals surface area contributed by atoms with E-state index in [0.717, 1.165) is 31.2 Å². The van der Waals surface area contributed by atoms with Crippen molar-refractivity contribution >= 4 is 11.8 Å². The Morgan fingerprint density at radius 2 is 2.00 bits per heavy atom. The number of halogens is 2. The van der Waals surface area contributed by atoms with Gasteiger partial charge in [0.1, 0.15) is 5.69 Å². The number of nitrogens with zero attached hydrogens (tertiary/aromatic N) is 6. The monoisotopic (exact) mass is 401 g/mol. The molecule has 29 heavy (non-hydrogen) atoms. The highest BCUT2D eigenvalue weighted by molar-refractivity contribution is 5.71. The number of alkyl halides is 2. The second-order valence-corrected chi connectivity index (χ2v) is 6.31. The topological polar surface area (TPSA) is 84.1 Å². The van der Waals surface area contributed by atoms with Crippen molar-refractivity contribution in [3.05, 3.63) is 72.3 Å². The van der Waals surface area contributed by atoms with E-state index in [9.17, 15) is 13.6 Å². The van der Waals surface area contributed by atoms with Crippen LogP contribution in [0.15, 0.2) is 55.2 Å². The largest absolute Gasteiger partial charge is 0.347 e. The Bertz CT molecular complexity index is 1010. The van der Waals surface area contributed by atoms with Crippen molar-refractivity contribution in [1.29, 1.82) is 0 Å². The average molecular weight is 401 g/mol. The molecule has 1 aliphatic heterocycles. The van der Waals surface area contributed by atoms with Gasteiger partial charge in [0.05, 0.1) is 23.2 Å². The number of aromatic amines is 1. The fourth-order valence-electron chi connectivity index (χ4n) is 2.79. The molecule has 1 N–H and O–H groups in total. The molecule has 0 unspecified atom stereocenters. The fraction of sp³-hybridized carbons (Fsp3) is 0.263. The molecule has 1 aliphatic rings. The first-order valence-corrected chi connectivity index (χ1v) is 8.93.